The van der Waals surface area contributed by atoms with Crippen molar-refractivity contribution in [2.75, 3.05) is 0 Å². The van der Waals surface area contributed by atoms with Crippen molar-refractivity contribution in [1.82, 2.24) is 14.8 Å². The van der Waals surface area contributed by atoms with Crippen molar-refractivity contribution in [3.05, 3.63) is 47.8 Å². The van der Waals surface area contributed by atoms with Crippen LogP contribution in [0.3, 0.4) is 0 Å². The van der Waals surface area contributed by atoms with E-state index in [0.29, 0.717) is 16.8 Å². The van der Waals surface area contributed by atoms with Gasteiger partial charge in [0.05, 0.1) is 0 Å². The summed E-state index contributed by atoms with van der Waals surface area (Å²) in [6.07, 6.45) is 3.38. The van der Waals surface area contributed by atoms with E-state index < -0.39 is 11.6 Å². The van der Waals surface area contributed by atoms with E-state index in [9.17, 15) is 8.78 Å². The van der Waals surface area contributed by atoms with Crippen molar-refractivity contribution in [3.8, 4) is 11.1 Å². The van der Waals surface area contributed by atoms with Crippen LogP contribution in [0.4, 0.5) is 8.78 Å². The fourth-order valence-electron chi connectivity index (χ4n) is 2.00. The molecule has 0 saturated carbocycles. The maximum atomic E-state index is 13.6. The zero-order valence-corrected chi connectivity index (χ0v) is 10.5. The largest absolute Gasteiger partial charge is 0.273 e. The number of pyridine rings is 1. The Balaban J connectivity index is 2.18. The fraction of sp³-hybridized carbons (Fsp3) is 0.143. The zero-order valence-electron chi connectivity index (χ0n) is 10.5. The lowest BCUT2D eigenvalue weighted by atomic mass is 10.0. The zero-order chi connectivity index (χ0) is 13.6. The highest BCUT2D eigenvalue weighted by atomic mass is 19.1. The molecule has 0 amide bonds. The van der Waals surface area contributed by atoms with Crippen LogP contribution in [0.25, 0.3) is 22.2 Å². The van der Waals surface area contributed by atoms with Crippen molar-refractivity contribution in [3.63, 3.8) is 0 Å². The second-order valence-electron chi connectivity index (χ2n) is 4.50. The molecular weight excluding hydrogens is 248 g/mol. The second kappa shape index (κ2) is 4.12. The molecule has 0 unspecified atom stereocenters. The second-order valence-corrected chi connectivity index (χ2v) is 4.50. The van der Waals surface area contributed by atoms with E-state index in [1.165, 1.54) is 19.1 Å². The number of fused-ring (bicyclic) bond motifs is 1. The first-order chi connectivity index (χ1) is 9.04. The Kier molecular flexibility index (Phi) is 2.55. The molecule has 3 rings (SSSR count). The number of aromatic nitrogens is 3. The van der Waals surface area contributed by atoms with E-state index in [0.717, 1.165) is 5.39 Å². The van der Waals surface area contributed by atoms with Crippen LogP contribution in [0, 0.1) is 18.6 Å². The highest BCUT2D eigenvalue weighted by molar-refractivity contribution is 5.80. The summed E-state index contributed by atoms with van der Waals surface area (Å²) in [6.45, 7) is 1.41. The van der Waals surface area contributed by atoms with Crippen LogP contribution in [-0.4, -0.2) is 14.8 Å². The highest BCUT2D eigenvalue weighted by Crippen LogP contribution is 2.25. The number of hydrogen-bond donors (Lipinski definition) is 0. The van der Waals surface area contributed by atoms with Gasteiger partial charge in [0.2, 0.25) is 0 Å². The van der Waals surface area contributed by atoms with Crippen LogP contribution in [0.5, 0.6) is 0 Å². The molecule has 0 radical (unpaired) electrons. The Morgan fingerprint density at radius 1 is 1.05 bits per heavy atom. The van der Waals surface area contributed by atoms with Gasteiger partial charge in [0.1, 0.15) is 11.6 Å². The number of rotatable bonds is 1. The first kappa shape index (κ1) is 11.8. The van der Waals surface area contributed by atoms with E-state index in [-0.39, 0.29) is 5.56 Å². The molecule has 0 atom stereocenters. The lowest BCUT2D eigenvalue weighted by Crippen LogP contribution is -1.91. The van der Waals surface area contributed by atoms with Crippen molar-refractivity contribution >= 4 is 11.0 Å². The lowest BCUT2D eigenvalue weighted by molar-refractivity contribution is 0.569. The fourth-order valence-corrected chi connectivity index (χ4v) is 2.00. The number of hydrogen-bond acceptors (Lipinski definition) is 2. The topological polar surface area (TPSA) is 30.7 Å². The first-order valence-corrected chi connectivity index (χ1v) is 5.80. The third-order valence-electron chi connectivity index (χ3n) is 3.09. The van der Waals surface area contributed by atoms with Gasteiger partial charge in [0.25, 0.3) is 0 Å². The van der Waals surface area contributed by atoms with E-state index in [2.05, 4.69) is 10.1 Å². The molecule has 0 spiro atoms. The van der Waals surface area contributed by atoms with E-state index in [1.807, 2.05) is 12.3 Å². The summed E-state index contributed by atoms with van der Waals surface area (Å²) in [7, 11) is 1.80. The molecule has 3 nitrogen and oxygen atoms in total. The molecule has 3 aromatic rings. The summed E-state index contributed by atoms with van der Waals surface area (Å²) in [6, 6.07) is 4.45. The van der Waals surface area contributed by atoms with Crippen LogP contribution in [0.2, 0.25) is 0 Å². The van der Waals surface area contributed by atoms with Gasteiger partial charge in [-0.05, 0) is 30.7 Å². The van der Waals surface area contributed by atoms with E-state index >= 15 is 0 Å². The SMILES string of the molecule is Cc1c(F)cc(-c2cnc3nn(C)cc3c2)cc1F. The molecule has 2 aromatic heterocycles. The summed E-state index contributed by atoms with van der Waals surface area (Å²) in [5.41, 5.74) is 1.77. The Morgan fingerprint density at radius 3 is 2.42 bits per heavy atom. The van der Waals surface area contributed by atoms with Crippen LogP contribution < -0.4 is 0 Å². The molecule has 1 aromatic carbocycles. The van der Waals surface area contributed by atoms with Gasteiger partial charge in [-0.2, -0.15) is 5.10 Å². The molecule has 0 aliphatic carbocycles. The Labute approximate surface area is 108 Å². The average molecular weight is 259 g/mol. The van der Waals surface area contributed by atoms with Crippen molar-refractivity contribution in [1.29, 1.82) is 0 Å². The summed E-state index contributed by atoms with van der Waals surface area (Å²) < 4.78 is 28.8. The minimum atomic E-state index is -0.554. The molecule has 0 aliphatic heterocycles. The normalized spacial score (nSPS) is 11.2. The van der Waals surface area contributed by atoms with Gasteiger partial charge >= 0.3 is 0 Å². The molecule has 2 heterocycles. The summed E-state index contributed by atoms with van der Waals surface area (Å²) in [4.78, 5) is 4.18. The third-order valence-corrected chi connectivity index (χ3v) is 3.09. The number of halogens is 2. The summed E-state index contributed by atoms with van der Waals surface area (Å²) in [5.74, 6) is -1.11. The van der Waals surface area contributed by atoms with Crippen LogP contribution in [0.15, 0.2) is 30.6 Å². The first-order valence-electron chi connectivity index (χ1n) is 5.80. The molecule has 0 N–H and O–H groups in total. The smallest absolute Gasteiger partial charge is 0.181 e. The summed E-state index contributed by atoms with van der Waals surface area (Å²) >= 11 is 0. The molecule has 5 heteroatoms. The number of benzene rings is 1. The molecule has 19 heavy (non-hydrogen) atoms. The van der Waals surface area contributed by atoms with Crippen molar-refractivity contribution in [2.45, 2.75) is 6.92 Å². The van der Waals surface area contributed by atoms with Gasteiger partial charge in [-0.3, -0.25) is 4.68 Å². The monoisotopic (exact) mass is 259 g/mol. The molecule has 0 saturated heterocycles. The van der Waals surface area contributed by atoms with Gasteiger partial charge in [-0.15, -0.1) is 0 Å². The maximum absolute atomic E-state index is 13.6. The minimum absolute atomic E-state index is 0.0270. The predicted octanol–water partition coefficient (Wildman–Crippen LogP) is 3.22. The predicted molar refractivity (Wildman–Crippen MR) is 68.6 cm³/mol. The van der Waals surface area contributed by atoms with Gasteiger partial charge in [0, 0.05) is 36.0 Å². The number of nitrogens with zero attached hydrogens (tertiary/aromatic N) is 3. The highest BCUT2D eigenvalue weighted by Gasteiger charge is 2.10. The van der Waals surface area contributed by atoms with E-state index in [4.69, 9.17) is 0 Å². The maximum Gasteiger partial charge on any atom is 0.181 e. The Morgan fingerprint density at radius 2 is 1.74 bits per heavy atom. The van der Waals surface area contributed by atoms with Gasteiger partial charge in [-0.25, -0.2) is 13.8 Å². The van der Waals surface area contributed by atoms with E-state index in [1.54, 1.807) is 17.9 Å². The Bertz CT molecular complexity index is 754. The summed E-state index contributed by atoms with van der Waals surface area (Å²) in [5, 5.41) is 4.99. The Hall–Kier alpha value is -2.30. The molecule has 0 bridgehead atoms. The van der Waals surface area contributed by atoms with Crippen molar-refractivity contribution < 1.29 is 8.78 Å². The van der Waals surface area contributed by atoms with Crippen LogP contribution in [0.1, 0.15) is 5.56 Å². The van der Waals surface area contributed by atoms with Gasteiger partial charge in [-0.1, -0.05) is 0 Å². The van der Waals surface area contributed by atoms with Gasteiger partial charge in [0.15, 0.2) is 5.65 Å². The third kappa shape index (κ3) is 1.97. The lowest BCUT2D eigenvalue weighted by Gasteiger charge is -2.04. The molecular formula is C14H11F2N3. The van der Waals surface area contributed by atoms with Crippen molar-refractivity contribution in [2.24, 2.45) is 7.05 Å². The molecule has 0 fully saturated rings. The van der Waals surface area contributed by atoms with Crippen LogP contribution in [-0.2, 0) is 7.05 Å². The van der Waals surface area contributed by atoms with Crippen LogP contribution >= 0.6 is 0 Å². The standard InChI is InChI=1S/C14H11F2N3/c1-8-12(15)4-9(5-13(8)16)10-3-11-7-19(2)18-14(11)17-6-10/h3-7H,1-2H3. The minimum Gasteiger partial charge on any atom is -0.273 e. The quantitative estimate of drug-likeness (QED) is 0.671. The van der Waals surface area contributed by atoms with Gasteiger partial charge < -0.3 is 0 Å². The molecule has 0 aliphatic rings. The number of aryl methyl sites for hydroxylation is 1. The average Bonchev–Trinajstić information content (AvgIpc) is 2.74. The molecule has 96 valence electrons.